The number of carbonyl (C=O) groups excluding carboxylic acids is 4. The van der Waals surface area contributed by atoms with Crippen LogP contribution in [0.4, 0.5) is 0 Å². The molecule has 1 fully saturated rings. The Balaban J connectivity index is 1.92. The summed E-state index contributed by atoms with van der Waals surface area (Å²) < 4.78 is 10.5. The third-order valence-electron chi connectivity index (χ3n) is 3.60. The maximum Gasteiger partial charge on any atom is 0.246 e. The van der Waals surface area contributed by atoms with E-state index in [2.05, 4.69) is 10.6 Å². The number of imide groups is 1. The molecule has 0 aromatic heterocycles. The average Bonchev–Trinajstić information content (AvgIpc) is 2.91. The van der Waals surface area contributed by atoms with Crippen LogP contribution in [0.15, 0.2) is 0 Å². The summed E-state index contributed by atoms with van der Waals surface area (Å²) in [4.78, 5) is 47.0. The summed E-state index contributed by atoms with van der Waals surface area (Å²) in [6, 6.07) is 0. The lowest BCUT2D eigenvalue weighted by Gasteiger charge is -2.13. The summed E-state index contributed by atoms with van der Waals surface area (Å²) in [5.74, 6) is -0.429. The van der Waals surface area contributed by atoms with Crippen molar-refractivity contribution in [3.63, 3.8) is 0 Å². The Kier molecular flexibility index (Phi) is 10.5. The van der Waals surface area contributed by atoms with Gasteiger partial charge in [0.25, 0.3) is 0 Å². The Morgan fingerprint density at radius 2 is 1.65 bits per heavy atom. The van der Waals surface area contributed by atoms with Crippen molar-refractivity contribution in [3.8, 4) is 0 Å². The Labute approximate surface area is 153 Å². The third kappa shape index (κ3) is 9.47. The number of hydrogen-bond acceptors (Lipinski definition) is 6. The van der Waals surface area contributed by atoms with Crippen molar-refractivity contribution < 1.29 is 28.7 Å². The molecule has 0 spiro atoms. The molecule has 26 heavy (non-hydrogen) atoms. The zero-order chi connectivity index (χ0) is 19.4. The molecule has 0 saturated carbocycles. The van der Waals surface area contributed by atoms with Gasteiger partial charge in [-0.1, -0.05) is 13.8 Å². The topological polar surface area (TPSA) is 114 Å². The molecule has 1 rings (SSSR count). The Morgan fingerprint density at radius 1 is 1.00 bits per heavy atom. The first kappa shape index (κ1) is 22.0. The number of rotatable bonds is 13. The Hall–Kier alpha value is -2.00. The van der Waals surface area contributed by atoms with Gasteiger partial charge in [-0.25, -0.2) is 0 Å². The van der Waals surface area contributed by atoms with Crippen molar-refractivity contribution in [1.82, 2.24) is 15.5 Å². The molecule has 9 heteroatoms. The molecule has 0 aromatic rings. The molecule has 0 unspecified atom stereocenters. The minimum atomic E-state index is -0.237. The standard InChI is InChI=1S/C17H29N3O6/c1-13(2)11-19-15(22)12-26-10-9-25-8-6-18-14(21)5-7-20-16(23)3-4-17(20)24/h13H,3-12H2,1-2H3,(H,18,21)(H,19,22). The highest BCUT2D eigenvalue weighted by Gasteiger charge is 2.28. The first-order chi connectivity index (χ1) is 12.4. The normalized spacial score (nSPS) is 14.2. The molecule has 0 radical (unpaired) electrons. The zero-order valence-corrected chi connectivity index (χ0v) is 15.5. The van der Waals surface area contributed by atoms with Crippen molar-refractivity contribution >= 4 is 23.6 Å². The number of likely N-dealkylation sites (tertiary alicyclic amines) is 1. The molecule has 0 atom stereocenters. The zero-order valence-electron chi connectivity index (χ0n) is 15.5. The molecule has 2 N–H and O–H groups in total. The quantitative estimate of drug-likeness (QED) is 0.332. The monoisotopic (exact) mass is 371 g/mol. The fourth-order valence-electron chi connectivity index (χ4n) is 2.19. The largest absolute Gasteiger partial charge is 0.377 e. The predicted octanol–water partition coefficient (Wildman–Crippen LogP) is -0.553. The fraction of sp³-hybridized carbons (Fsp3) is 0.765. The minimum absolute atomic E-state index is 0.000750. The molecule has 9 nitrogen and oxygen atoms in total. The van der Waals surface area contributed by atoms with E-state index in [1.807, 2.05) is 13.8 Å². The molecule has 0 aromatic carbocycles. The molecular formula is C17H29N3O6. The van der Waals surface area contributed by atoms with E-state index >= 15 is 0 Å². The summed E-state index contributed by atoms with van der Waals surface area (Å²) >= 11 is 0. The van der Waals surface area contributed by atoms with Crippen molar-refractivity contribution in [2.24, 2.45) is 5.92 Å². The van der Waals surface area contributed by atoms with Crippen molar-refractivity contribution in [1.29, 1.82) is 0 Å². The van der Waals surface area contributed by atoms with Gasteiger partial charge in [-0.2, -0.15) is 0 Å². The van der Waals surface area contributed by atoms with Gasteiger partial charge in [0.15, 0.2) is 0 Å². The molecule has 4 amide bonds. The molecule has 148 valence electrons. The molecular weight excluding hydrogens is 342 g/mol. The summed E-state index contributed by atoms with van der Waals surface area (Å²) in [7, 11) is 0. The maximum absolute atomic E-state index is 11.6. The van der Waals surface area contributed by atoms with E-state index in [1.54, 1.807) is 0 Å². The fourth-order valence-corrected chi connectivity index (χ4v) is 2.19. The maximum atomic E-state index is 11.6. The van der Waals surface area contributed by atoms with Crippen LogP contribution in [-0.4, -0.2) is 74.6 Å². The number of nitrogens with one attached hydrogen (secondary N) is 2. The van der Waals surface area contributed by atoms with Gasteiger partial charge in [-0.3, -0.25) is 24.1 Å². The molecule has 1 aliphatic rings. The first-order valence-electron chi connectivity index (χ1n) is 8.92. The van der Waals surface area contributed by atoms with E-state index in [1.165, 1.54) is 0 Å². The van der Waals surface area contributed by atoms with Crippen molar-refractivity contribution in [3.05, 3.63) is 0 Å². The average molecular weight is 371 g/mol. The predicted molar refractivity (Wildman–Crippen MR) is 93.1 cm³/mol. The Bertz CT molecular complexity index is 479. The number of nitrogens with zero attached hydrogens (tertiary/aromatic N) is 1. The molecule has 1 saturated heterocycles. The van der Waals surface area contributed by atoms with Crippen LogP contribution in [0.25, 0.3) is 0 Å². The van der Waals surface area contributed by atoms with E-state index in [-0.39, 0.29) is 56.0 Å². The van der Waals surface area contributed by atoms with Gasteiger partial charge in [0.05, 0.1) is 19.8 Å². The van der Waals surface area contributed by atoms with E-state index in [9.17, 15) is 19.2 Å². The SMILES string of the molecule is CC(C)CNC(=O)COCCOCCNC(=O)CCN1C(=O)CCC1=O. The van der Waals surface area contributed by atoms with Gasteiger partial charge < -0.3 is 20.1 Å². The number of carbonyl (C=O) groups is 4. The van der Waals surface area contributed by atoms with Gasteiger partial charge in [0.2, 0.25) is 23.6 Å². The van der Waals surface area contributed by atoms with Gasteiger partial charge in [-0.05, 0) is 5.92 Å². The second kappa shape index (κ2) is 12.4. The summed E-state index contributed by atoms with van der Waals surface area (Å²) in [6.07, 6.45) is 0.553. The van der Waals surface area contributed by atoms with Gasteiger partial charge >= 0.3 is 0 Å². The lowest BCUT2D eigenvalue weighted by atomic mass is 10.2. The van der Waals surface area contributed by atoms with E-state index < -0.39 is 0 Å². The second-order valence-electron chi connectivity index (χ2n) is 6.40. The van der Waals surface area contributed by atoms with Gasteiger partial charge in [0.1, 0.15) is 6.61 Å². The molecule has 1 aliphatic heterocycles. The van der Waals surface area contributed by atoms with Crippen LogP contribution in [0.3, 0.4) is 0 Å². The number of hydrogen-bond donors (Lipinski definition) is 2. The first-order valence-corrected chi connectivity index (χ1v) is 8.92. The van der Waals surface area contributed by atoms with Crippen LogP contribution in [0.2, 0.25) is 0 Å². The van der Waals surface area contributed by atoms with Crippen molar-refractivity contribution in [2.45, 2.75) is 33.1 Å². The minimum Gasteiger partial charge on any atom is -0.377 e. The Morgan fingerprint density at radius 3 is 2.31 bits per heavy atom. The lowest BCUT2D eigenvalue weighted by Crippen LogP contribution is -2.35. The summed E-state index contributed by atoms with van der Waals surface area (Å²) in [5, 5.41) is 5.40. The smallest absolute Gasteiger partial charge is 0.246 e. The van der Waals surface area contributed by atoms with Crippen LogP contribution < -0.4 is 10.6 Å². The van der Waals surface area contributed by atoms with Crippen LogP contribution in [0.1, 0.15) is 33.1 Å². The lowest BCUT2D eigenvalue weighted by molar-refractivity contribution is -0.138. The summed E-state index contributed by atoms with van der Waals surface area (Å²) in [6.45, 7) is 6.03. The highest BCUT2D eigenvalue weighted by Crippen LogP contribution is 2.11. The number of amides is 4. The third-order valence-corrected chi connectivity index (χ3v) is 3.60. The van der Waals surface area contributed by atoms with Crippen LogP contribution in [-0.2, 0) is 28.7 Å². The van der Waals surface area contributed by atoms with E-state index in [0.29, 0.717) is 38.8 Å². The molecule has 0 bridgehead atoms. The van der Waals surface area contributed by atoms with Gasteiger partial charge in [-0.15, -0.1) is 0 Å². The van der Waals surface area contributed by atoms with Gasteiger partial charge in [0, 0.05) is 38.9 Å². The van der Waals surface area contributed by atoms with Crippen molar-refractivity contribution in [2.75, 3.05) is 46.1 Å². The number of ether oxygens (including phenoxy) is 2. The summed E-state index contributed by atoms with van der Waals surface area (Å²) in [5.41, 5.74) is 0. The molecule has 1 heterocycles. The molecule has 0 aliphatic carbocycles. The van der Waals surface area contributed by atoms with Crippen LogP contribution in [0.5, 0.6) is 0 Å². The highest BCUT2D eigenvalue weighted by molar-refractivity contribution is 6.02. The van der Waals surface area contributed by atoms with Crippen LogP contribution >= 0.6 is 0 Å². The van der Waals surface area contributed by atoms with E-state index in [4.69, 9.17) is 9.47 Å². The van der Waals surface area contributed by atoms with E-state index in [0.717, 1.165) is 4.90 Å². The van der Waals surface area contributed by atoms with Crippen LogP contribution in [0, 0.1) is 5.92 Å². The second-order valence-corrected chi connectivity index (χ2v) is 6.40. The highest BCUT2D eigenvalue weighted by atomic mass is 16.5.